The molecule has 230 valence electrons. The number of carbonyl (C=O) groups excluding carboxylic acids is 3. The quantitative estimate of drug-likeness (QED) is 0.108. The zero-order valence-corrected chi connectivity index (χ0v) is 25.2. The highest BCUT2D eigenvalue weighted by Gasteiger charge is 2.55. The fourth-order valence-electron chi connectivity index (χ4n) is 5.85. The molecule has 0 aromatic rings. The molecule has 2 fully saturated rings. The van der Waals surface area contributed by atoms with Gasteiger partial charge < -0.3 is 26.4 Å². The number of nitrogens with zero attached hydrogens (tertiary/aromatic N) is 1. The summed E-state index contributed by atoms with van der Waals surface area (Å²) in [5.74, 6) is -3.07. The Hall–Kier alpha value is -1.85. The second kappa shape index (κ2) is 16.0. The predicted octanol–water partition coefficient (Wildman–Crippen LogP) is 3.61. The summed E-state index contributed by atoms with van der Waals surface area (Å²) in [6.07, 6.45) is 5.67. The number of hydrogen-bond acceptors (Lipinski definition) is 7. The van der Waals surface area contributed by atoms with Gasteiger partial charge in [-0.25, -0.2) is 4.79 Å². The Morgan fingerprint density at radius 2 is 1.70 bits per heavy atom. The molecule has 6 atom stereocenters. The van der Waals surface area contributed by atoms with Gasteiger partial charge in [0.15, 0.2) is 6.10 Å². The third-order valence-electron chi connectivity index (χ3n) is 8.37. The number of nitrogens with two attached hydrogens (primary N) is 1. The van der Waals surface area contributed by atoms with E-state index in [4.69, 9.17) is 10.3 Å². The van der Waals surface area contributed by atoms with Crippen LogP contribution in [0.1, 0.15) is 104 Å². The molecule has 40 heavy (non-hydrogen) atoms. The van der Waals surface area contributed by atoms with Gasteiger partial charge in [-0.15, -0.1) is 0 Å². The summed E-state index contributed by atoms with van der Waals surface area (Å²) in [5.41, 5.74) is 5.61. The minimum Gasteiger partial charge on any atom is -0.435 e. The molecular weight excluding hydrogens is 539 g/mol. The summed E-state index contributed by atoms with van der Waals surface area (Å²) in [5, 5.41) is 15.4. The Kier molecular flexibility index (Phi) is 13.7. The van der Waals surface area contributed by atoms with Crippen molar-refractivity contribution in [1.82, 2.24) is 10.6 Å². The zero-order chi connectivity index (χ0) is 29.9. The molecule has 1 saturated carbocycles. The SMILES string of the molecule is CCCC[C@@H](NC(=O)[C@H](CCCCN)NC(=O)C1CCCCC1)P(=O)(O)OC(C)C(=O)[N+]1(C(=O)O)CCC[C@H]1C. The number of unbranched alkanes of at least 4 members (excludes halogenated alkanes) is 2. The largest absolute Gasteiger partial charge is 0.521 e. The Labute approximate surface area is 237 Å². The summed E-state index contributed by atoms with van der Waals surface area (Å²) in [6, 6.07) is -1.40. The Bertz CT molecular complexity index is 928. The Morgan fingerprint density at radius 1 is 1.02 bits per heavy atom. The summed E-state index contributed by atoms with van der Waals surface area (Å²) < 4.78 is 18.1. The summed E-state index contributed by atoms with van der Waals surface area (Å²) >= 11 is 0. The molecule has 4 amide bonds. The highest BCUT2D eigenvalue weighted by molar-refractivity contribution is 7.53. The van der Waals surface area contributed by atoms with E-state index >= 15 is 0 Å². The first-order valence-electron chi connectivity index (χ1n) is 14.9. The van der Waals surface area contributed by atoms with Crippen LogP contribution in [0.3, 0.4) is 0 Å². The summed E-state index contributed by atoms with van der Waals surface area (Å²) in [6.45, 7) is 5.35. The van der Waals surface area contributed by atoms with Gasteiger partial charge in [-0.1, -0.05) is 39.0 Å². The number of likely N-dealkylation sites (tertiary alicyclic amines) is 1. The highest BCUT2D eigenvalue weighted by atomic mass is 31.2. The van der Waals surface area contributed by atoms with Gasteiger partial charge >= 0.3 is 19.6 Å². The number of rotatable bonds is 15. The van der Waals surface area contributed by atoms with Crippen molar-refractivity contribution >= 4 is 31.4 Å². The summed E-state index contributed by atoms with van der Waals surface area (Å²) in [4.78, 5) is 62.7. The van der Waals surface area contributed by atoms with Crippen molar-refractivity contribution in [3.05, 3.63) is 0 Å². The van der Waals surface area contributed by atoms with Crippen LogP contribution in [0.4, 0.5) is 4.79 Å². The number of quaternary nitrogens is 1. The van der Waals surface area contributed by atoms with Gasteiger partial charge in [-0.2, -0.15) is 9.28 Å². The molecule has 3 unspecified atom stereocenters. The van der Waals surface area contributed by atoms with Gasteiger partial charge in [-0.3, -0.25) is 18.7 Å². The van der Waals surface area contributed by atoms with Crippen LogP contribution >= 0.6 is 7.60 Å². The van der Waals surface area contributed by atoms with E-state index in [0.29, 0.717) is 51.5 Å². The fourth-order valence-corrected chi connectivity index (χ4v) is 7.34. The van der Waals surface area contributed by atoms with Crippen LogP contribution in [0.2, 0.25) is 0 Å². The van der Waals surface area contributed by atoms with E-state index in [2.05, 4.69) is 10.6 Å². The lowest BCUT2D eigenvalue weighted by Gasteiger charge is -2.33. The number of carboxylic acid groups (broad SMARTS) is 1. The third-order valence-corrected chi connectivity index (χ3v) is 10.2. The first-order chi connectivity index (χ1) is 18.9. The van der Waals surface area contributed by atoms with Crippen molar-refractivity contribution in [3.63, 3.8) is 0 Å². The lowest BCUT2D eigenvalue weighted by atomic mass is 9.88. The minimum absolute atomic E-state index is 0.0833. The molecule has 0 spiro atoms. The molecular formula is C27H50N4O8P+. The van der Waals surface area contributed by atoms with Crippen molar-refractivity contribution in [1.29, 1.82) is 0 Å². The number of nitrogens with one attached hydrogen (secondary N) is 2. The average molecular weight is 590 g/mol. The van der Waals surface area contributed by atoms with Crippen molar-refractivity contribution in [3.8, 4) is 0 Å². The first-order valence-corrected chi connectivity index (χ1v) is 16.5. The van der Waals surface area contributed by atoms with Crippen LogP contribution in [0.5, 0.6) is 0 Å². The average Bonchev–Trinajstić information content (AvgIpc) is 3.32. The summed E-state index contributed by atoms with van der Waals surface area (Å²) in [7, 11) is -4.64. The topological polar surface area (TPSA) is 185 Å². The van der Waals surface area contributed by atoms with Crippen molar-refractivity contribution in [2.24, 2.45) is 11.7 Å². The smallest absolute Gasteiger partial charge is 0.435 e. The molecule has 12 nitrogen and oxygen atoms in total. The lowest BCUT2D eigenvalue weighted by Crippen LogP contribution is -2.61. The zero-order valence-electron chi connectivity index (χ0n) is 24.3. The minimum atomic E-state index is -4.64. The van der Waals surface area contributed by atoms with Crippen LogP contribution in [0.15, 0.2) is 0 Å². The van der Waals surface area contributed by atoms with E-state index in [1.54, 1.807) is 6.92 Å². The van der Waals surface area contributed by atoms with E-state index in [9.17, 15) is 33.7 Å². The van der Waals surface area contributed by atoms with Crippen LogP contribution in [0.25, 0.3) is 0 Å². The molecule has 2 rings (SSSR count). The van der Waals surface area contributed by atoms with Gasteiger partial charge in [0.1, 0.15) is 17.9 Å². The molecule has 0 aromatic carbocycles. The molecule has 13 heteroatoms. The van der Waals surface area contributed by atoms with E-state index in [-0.39, 0.29) is 24.8 Å². The standard InChI is InChI=1S/C27H49N4O8P/c1-4-5-16-23(40(37,38)39-20(3)26(34)31(27(35)36)18-11-12-19(31)2)30-25(33)22(15-9-10-17-28)29-24(32)21-13-7-6-8-14-21/h19-23H,4-18,28H2,1-3H3,(H3-,29,30,32,33,35,36,37,38)/p+1/t19-,20?,22+,23+,31?/m1/s1. The maximum absolute atomic E-state index is 13.5. The van der Waals surface area contributed by atoms with Crippen molar-refractivity contribution < 1.29 is 42.7 Å². The number of carbonyl (C=O) groups is 4. The van der Waals surface area contributed by atoms with E-state index in [1.807, 2.05) is 6.92 Å². The Balaban J connectivity index is 2.19. The maximum Gasteiger partial charge on any atom is 0.521 e. The molecule has 1 saturated heterocycles. The monoisotopic (exact) mass is 589 g/mol. The van der Waals surface area contributed by atoms with Crippen LogP contribution in [0, 0.1) is 5.92 Å². The molecule has 0 aromatic heterocycles. The van der Waals surface area contributed by atoms with Gasteiger partial charge in [0, 0.05) is 18.8 Å². The van der Waals surface area contributed by atoms with Crippen LogP contribution in [-0.2, 0) is 23.5 Å². The normalized spacial score (nSPS) is 25.4. The van der Waals surface area contributed by atoms with E-state index in [1.165, 1.54) is 6.92 Å². The molecule has 2 aliphatic rings. The number of imide groups is 1. The van der Waals surface area contributed by atoms with Gasteiger partial charge in [0.25, 0.3) is 0 Å². The number of hydrogen-bond donors (Lipinski definition) is 5. The maximum atomic E-state index is 13.5. The molecule has 6 N–H and O–H groups in total. The van der Waals surface area contributed by atoms with Crippen LogP contribution < -0.4 is 16.4 Å². The van der Waals surface area contributed by atoms with E-state index < -0.39 is 54.0 Å². The lowest BCUT2D eigenvalue weighted by molar-refractivity contribution is -0.793. The van der Waals surface area contributed by atoms with Crippen LogP contribution in [-0.4, -0.2) is 75.4 Å². The van der Waals surface area contributed by atoms with E-state index in [0.717, 1.165) is 32.1 Å². The van der Waals surface area contributed by atoms with Gasteiger partial charge in [0.05, 0.1) is 6.54 Å². The molecule has 0 bridgehead atoms. The molecule has 0 radical (unpaired) electrons. The third kappa shape index (κ3) is 8.82. The van der Waals surface area contributed by atoms with Crippen molar-refractivity contribution in [2.75, 3.05) is 13.1 Å². The predicted molar refractivity (Wildman–Crippen MR) is 150 cm³/mol. The molecule has 1 aliphatic heterocycles. The highest BCUT2D eigenvalue weighted by Crippen LogP contribution is 2.50. The number of amides is 4. The molecule has 1 heterocycles. The second-order valence-electron chi connectivity index (χ2n) is 11.4. The second-order valence-corrected chi connectivity index (χ2v) is 13.3. The first kappa shape index (κ1) is 34.4. The van der Waals surface area contributed by atoms with Gasteiger partial charge in [-0.05, 0) is 58.9 Å². The molecule has 1 aliphatic carbocycles. The van der Waals surface area contributed by atoms with Crippen molar-refractivity contribution in [2.45, 2.75) is 128 Å². The Morgan fingerprint density at radius 3 is 2.25 bits per heavy atom. The fraction of sp³-hybridized carbons (Fsp3) is 0.852. The van der Waals surface area contributed by atoms with Gasteiger partial charge in [0.2, 0.25) is 11.8 Å².